The highest BCUT2D eigenvalue weighted by Crippen LogP contribution is 2.65. The van der Waals surface area contributed by atoms with E-state index < -0.39 is 0 Å². The van der Waals surface area contributed by atoms with E-state index in [-0.39, 0.29) is 28.8 Å². The van der Waals surface area contributed by atoms with Crippen LogP contribution in [0.25, 0.3) is 0 Å². The van der Waals surface area contributed by atoms with Gasteiger partial charge in [0, 0.05) is 55.3 Å². The third-order valence-electron chi connectivity index (χ3n) is 11.5. The smallest absolute Gasteiger partial charge is 0.306 e. The quantitative estimate of drug-likeness (QED) is 0.236. The van der Waals surface area contributed by atoms with Crippen LogP contribution in [0, 0.1) is 34.5 Å². The van der Waals surface area contributed by atoms with Gasteiger partial charge in [-0.1, -0.05) is 26.0 Å². The number of nitrogens with zero attached hydrogens (tertiary/aromatic N) is 1. The SMILES string of the molecule is C[C@]12CCC(=O)NC[C@@H]1CC[C@@H]1[C@@H]2CC[C@]2(C)[C@@H](OC(=O)CCCc3ccc(N(CCCl)CCCl)cc3)CC[C@@H]12. The van der Waals surface area contributed by atoms with Gasteiger partial charge < -0.3 is 15.0 Å². The lowest BCUT2D eigenvalue weighted by molar-refractivity contribution is -0.162. The van der Waals surface area contributed by atoms with Crippen LogP contribution >= 0.6 is 23.2 Å². The summed E-state index contributed by atoms with van der Waals surface area (Å²) in [5, 5.41) is 3.18. The Kier molecular flexibility index (Phi) is 9.62. The zero-order valence-electron chi connectivity index (χ0n) is 24.4. The number of carbonyl (C=O) groups excluding carboxylic acids is 2. The minimum atomic E-state index is -0.0370. The summed E-state index contributed by atoms with van der Waals surface area (Å²) in [4.78, 5) is 27.4. The van der Waals surface area contributed by atoms with Gasteiger partial charge in [0.25, 0.3) is 0 Å². The van der Waals surface area contributed by atoms with Gasteiger partial charge in [0.1, 0.15) is 6.10 Å². The third-order valence-corrected chi connectivity index (χ3v) is 11.9. The lowest BCUT2D eigenvalue weighted by atomic mass is 9.47. The van der Waals surface area contributed by atoms with Gasteiger partial charge in [0.15, 0.2) is 0 Å². The van der Waals surface area contributed by atoms with Crippen molar-refractivity contribution >= 4 is 40.8 Å². The molecule has 4 aliphatic rings. The normalized spacial score (nSPS) is 35.1. The number of anilines is 1. The average molecular weight is 592 g/mol. The maximum absolute atomic E-state index is 13.0. The molecule has 0 unspecified atom stereocenters. The van der Waals surface area contributed by atoms with Crippen molar-refractivity contribution in [2.24, 2.45) is 34.5 Å². The number of hydrogen-bond donors (Lipinski definition) is 1. The molecule has 1 aromatic rings. The van der Waals surface area contributed by atoms with E-state index in [0.717, 1.165) is 57.4 Å². The van der Waals surface area contributed by atoms with Crippen molar-refractivity contribution < 1.29 is 14.3 Å². The molecule has 222 valence electrons. The number of ether oxygens (including phenoxy) is 1. The van der Waals surface area contributed by atoms with Gasteiger partial charge in [-0.25, -0.2) is 0 Å². The fourth-order valence-electron chi connectivity index (χ4n) is 9.22. The molecule has 0 spiro atoms. The maximum Gasteiger partial charge on any atom is 0.306 e. The summed E-state index contributed by atoms with van der Waals surface area (Å²) in [5.74, 6) is 3.96. The van der Waals surface area contributed by atoms with Crippen molar-refractivity contribution in [1.29, 1.82) is 0 Å². The minimum Gasteiger partial charge on any atom is -0.462 e. The lowest BCUT2D eigenvalue weighted by Crippen LogP contribution is -2.53. The van der Waals surface area contributed by atoms with Crippen LogP contribution in [0.3, 0.4) is 0 Å². The first-order valence-electron chi connectivity index (χ1n) is 15.7. The van der Waals surface area contributed by atoms with Crippen molar-refractivity contribution in [2.75, 3.05) is 36.3 Å². The molecule has 5 rings (SSSR count). The Labute approximate surface area is 251 Å². The highest BCUT2D eigenvalue weighted by atomic mass is 35.5. The van der Waals surface area contributed by atoms with Gasteiger partial charge in [0.05, 0.1) is 0 Å². The summed E-state index contributed by atoms with van der Waals surface area (Å²) >= 11 is 11.9. The van der Waals surface area contributed by atoms with E-state index in [9.17, 15) is 9.59 Å². The van der Waals surface area contributed by atoms with Crippen LogP contribution in [0.5, 0.6) is 0 Å². The van der Waals surface area contributed by atoms with Gasteiger partial charge >= 0.3 is 5.97 Å². The van der Waals surface area contributed by atoms with Gasteiger partial charge in [-0.2, -0.15) is 0 Å². The molecule has 0 radical (unpaired) electrons. The number of halogens is 2. The Morgan fingerprint density at radius 2 is 1.70 bits per heavy atom. The summed E-state index contributed by atoms with van der Waals surface area (Å²) in [5.41, 5.74) is 2.71. The zero-order valence-corrected chi connectivity index (χ0v) is 25.9. The predicted molar refractivity (Wildman–Crippen MR) is 163 cm³/mol. The van der Waals surface area contributed by atoms with Crippen molar-refractivity contribution in [3.05, 3.63) is 29.8 Å². The number of hydrogen-bond acceptors (Lipinski definition) is 4. The van der Waals surface area contributed by atoms with Gasteiger partial charge in [0.2, 0.25) is 5.91 Å². The second-order valence-corrected chi connectivity index (χ2v) is 14.2. The Hall–Kier alpha value is -1.46. The zero-order chi connectivity index (χ0) is 28.3. The number of amides is 1. The van der Waals surface area contributed by atoms with Crippen molar-refractivity contribution in [3.8, 4) is 0 Å². The highest BCUT2D eigenvalue weighted by molar-refractivity contribution is 6.18. The number of rotatable bonds is 10. The van der Waals surface area contributed by atoms with Crippen molar-refractivity contribution in [1.82, 2.24) is 5.32 Å². The first kappa shape index (κ1) is 30.0. The second-order valence-electron chi connectivity index (χ2n) is 13.4. The van der Waals surface area contributed by atoms with E-state index >= 15 is 0 Å². The number of fused-ring (bicyclic) bond motifs is 5. The van der Waals surface area contributed by atoms with Crippen LogP contribution in [-0.2, 0) is 20.7 Å². The van der Waals surface area contributed by atoms with Gasteiger partial charge in [-0.05, 0) is 105 Å². The van der Waals surface area contributed by atoms with Crippen molar-refractivity contribution in [3.63, 3.8) is 0 Å². The van der Waals surface area contributed by atoms with Gasteiger partial charge in [-0.3, -0.25) is 9.59 Å². The van der Waals surface area contributed by atoms with E-state index in [2.05, 4.69) is 48.3 Å². The molecule has 1 amide bonds. The van der Waals surface area contributed by atoms with Crippen LogP contribution in [0.1, 0.15) is 83.6 Å². The summed E-state index contributed by atoms with van der Waals surface area (Å²) in [6.07, 6.45) is 10.9. The largest absolute Gasteiger partial charge is 0.462 e. The number of benzene rings is 1. The van der Waals surface area contributed by atoms with Crippen molar-refractivity contribution in [2.45, 2.75) is 90.6 Å². The fourth-order valence-corrected chi connectivity index (χ4v) is 9.62. The molecule has 1 N–H and O–H groups in total. The van der Waals surface area contributed by atoms with Crippen LogP contribution in [-0.4, -0.2) is 49.4 Å². The molecule has 7 heteroatoms. The van der Waals surface area contributed by atoms with E-state index in [1.807, 2.05) is 0 Å². The number of esters is 1. The summed E-state index contributed by atoms with van der Waals surface area (Å²) in [7, 11) is 0. The number of aryl methyl sites for hydroxylation is 1. The van der Waals surface area contributed by atoms with E-state index in [1.54, 1.807) is 0 Å². The second kappa shape index (κ2) is 12.8. The Balaban J connectivity index is 1.13. The molecule has 1 aliphatic heterocycles. The van der Waals surface area contributed by atoms with E-state index in [1.165, 1.54) is 31.2 Å². The van der Waals surface area contributed by atoms with Crippen LogP contribution in [0.4, 0.5) is 5.69 Å². The molecule has 1 aromatic carbocycles. The fraction of sp³-hybridized carbons (Fsp3) is 0.758. The standard InChI is InChI=1S/C33H48Cl2N2O3/c1-32-17-15-30(38)36-22-24(32)8-11-26-27-12-13-29(33(27,2)16-14-28(26)32)40-31(39)5-3-4-23-6-9-25(10-7-23)37(20-18-34)21-19-35/h6-7,9-10,24,26-29H,3-5,8,11-22H2,1-2H3,(H,36,38)/t24-,26-,27-,28-,29-,32-,33-/m0/s1. The molecule has 3 saturated carbocycles. The summed E-state index contributed by atoms with van der Waals surface area (Å²) in [6, 6.07) is 8.54. The number of nitrogens with one attached hydrogen (secondary N) is 1. The van der Waals surface area contributed by atoms with E-state index in [0.29, 0.717) is 48.3 Å². The third kappa shape index (κ3) is 6.02. The summed E-state index contributed by atoms with van der Waals surface area (Å²) < 4.78 is 6.25. The molecule has 5 nitrogen and oxygen atoms in total. The first-order chi connectivity index (χ1) is 19.3. The number of carbonyl (C=O) groups is 2. The molecule has 0 bridgehead atoms. The topological polar surface area (TPSA) is 58.6 Å². The molecule has 0 aromatic heterocycles. The van der Waals surface area contributed by atoms with Crippen LogP contribution in [0.2, 0.25) is 0 Å². The Morgan fingerprint density at radius 3 is 2.42 bits per heavy atom. The molecule has 1 heterocycles. The van der Waals surface area contributed by atoms with Crippen LogP contribution < -0.4 is 10.2 Å². The monoisotopic (exact) mass is 590 g/mol. The van der Waals surface area contributed by atoms with Gasteiger partial charge in [-0.15, -0.1) is 23.2 Å². The average Bonchev–Trinajstić information content (AvgIpc) is 3.18. The molecule has 7 atom stereocenters. The lowest BCUT2D eigenvalue weighted by Gasteiger charge is -2.58. The summed E-state index contributed by atoms with van der Waals surface area (Å²) in [6.45, 7) is 7.30. The van der Waals surface area contributed by atoms with Crippen LogP contribution in [0.15, 0.2) is 24.3 Å². The molecular weight excluding hydrogens is 543 g/mol. The minimum absolute atomic E-state index is 0.0370. The Bertz CT molecular complexity index is 1030. The molecule has 1 saturated heterocycles. The number of alkyl halides is 2. The molecule has 40 heavy (non-hydrogen) atoms. The predicted octanol–water partition coefficient (Wildman–Crippen LogP) is 6.97. The molecule has 3 aliphatic carbocycles. The Morgan fingerprint density at radius 1 is 0.975 bits per heavy atom. The molecular formula is C33H48Cl2N2O3. The van der Waals surface area contributed by atoms with E-state index in [4.69, 9.17) is 27.9 Å². The maximum atomic E-state index is 13.0. The highest BCUT2D eigenvalue weighted by Gasteiger charge is 2.60. The molecule has 4 fully saturated rings. The first-order valence-corrected chi connectivity index (χ1v) is 16.8.